The molecule has 0 spiro atoms. The molecule has 0 aliphatic rings. The largest absolute Gasteiger partial charge is 0.357 e. The van der Waals surface area contributed by atoms with Gasteiger partial charge in [0.15, 0.2) is 5.13 Å². The number of rotatable bonds is 3. The van der Waals surface area contributed by atoms with Gasteiger partial charge < -0.3 is 5.32 Å². The molecule has 0 bridgehead atoms. The molecule has 0 radical (unpaired) electrons. The number of aryl methyl sites for hydroxylation is 2. The van der Waals surface area contributed by atoms with Gasteiger partial charge in [0.1, 0.15) is 0 Å². The lowest BCUT2D eigenvalue weighted by Crippen LogP contribution is -2.00. The first-order valence-corrected chi connectivity index (χ1v) is 7.04. The van der Waals surface area contributed by atoms with E-state index in [1.54, 1.807) is 11.3 Å². The van der Waals surface area contributed by atoms with Crippen LogP contribution >= 0.6 is 11.3 Å². The first-order valence-electron chi connectivity index (χ1n) is 6.23. The summed E-state index contributed by atoms with van der Waals surface area (Å²) in [5.74, 6) is 0. The highest BCUT2D eigenvalue weighted by Gasteiger charge is 2.04. The van der Waals surface area contributed by atoms with E-state index in [0.29, 0.717) is 0 Å². The van der Waals surface area contributed by atoms with E-state index in [1.807, 2.05) is 18.5 Å². The Morgan fingerprint density at radius 1 is 1.21 bits per heavy atom. The molecule has 0 aliphatic heterocycles. The summed E-state index contributed by atoms with van der Waals surface area (Å²) in [7, 11) is 0. The lowest BCUT2D eigenvalue weighted by atomic mass is 10.2. The minimum absolute atomic E-state index is 0.785. The Kier molecular flexibility index (Phi) is 3.17. The quantitative estimate of drug-likeness (QED) is 0.783. The van der Waals surface area contributed by atoms with Crippen molar-refractivity contribution < 1.29 is 0 Å². The highest BCUT2D eigenvalue weighted by atomic mass is 32.1. The molecule has 0 aliphatic carbocycles. The van der Waals surface area contributed by atoms with Gasteiger partial charge in [0.25, 0.3) is 0 Å². The van der Waals surface area contributed by atoms with E-state index in [4.69, 9.17) is 0 Å². The van der Waals surface area contributed by atoms with Crippen LogP contribution in [0.4, 0.5) is 5.13 Å². The Balaban J connectivity index is 1.80. The lowest BCUT2D eigenvalue weighted by molar-refractivity contribution is 1.09. The van der Waals surface area contributed by atoms with E-state index in [-0.39, 0.29) is 0 Å². The zero-order valence-corrected chi connectivity index (χ0v) is 11.8. The van der Waals surface area contributed by atoms with Crippen LogP contribution in [0.2, 0.25) is 0 Å². The van der Waals surface area contributed by atoms with Crippen molar-refractivity contribution in [3.63, 3.8) is 0 Å². The molecule has 0 saturated carbocycles. The van der Waals surface area contributed by atoms with Gasteiger partial charge in [0.05, 0.1) is 10.2 Å². The van der Waals surface area contributed by atoms with Gasteiger partial charge in [-0.15, -0.1) is 0 Å². The zero-order chi connectivity index (χ0) is 13.2. The average Bonchev–Trinajstić information content (AvgIpc) is 2.79. The SMILES string of the molecule is Cc1ccc2sc(NCc3ccncc3C)nc2c1. The van der Waals surface area contributed by atoms with E-state index >= 15 is 0 Å². The van der Waals surface area contributed by atoms with Gasteiger partial charge in [0.2, 0.25) is 0 Å². The summed E-state index contributed by atoms with van der Waals surface area (Å²) in [6.07, 6.45) is 3.71. The molecule has 1 N–H and O–H groups in total. The van der Waals surface area contributed by atoms with Crippen molar-refractivity contribution in [1.82, 2.24) is 9.97 Å². The average molecular weight is 269 g/mol. The summed E-state index contributed by atoms with van der Waals surface area (Å²) in [5, 5.41) is 4.36. The summed E-state index contributed by atoms with van der Waals surface area (Å²) < 4.78 is 1.22. The second-order valence-electron chi connectivity index (χ2n) is 4.65. The zero-order valence-electron chi connectivity index (χ0n) is 11.0. The number of pyridine rings is 1. The molecule has 3 rings (SSSR count). The van der Waals surface area contributed by atoms with Gasteiger partial charge in [-0.25, -0.2) is 4.98 Å². The Morgan fingerprint density at radius 2 is 2.11 bits per heavy atom. The predicted molar refractivity (Wildman–Crippen MR) is 80.7 cm³/mol. The first-order chi connectivity index (χ1) is 9.22. The first kappa shape index (κ1) is 12.1. The van der Waals surface area contributed by atoms with Crippen LogP contribution in [0.1, 0.15) is 16.7 Å². The molecule has 4 heteroatoms. The van der Waals surface area contributed by atoms with Crippen LogP contribution in [0.15, 0.2) is 36.7 Å². The van der Waals surface area contributed by atoms with Crippen molar-refractivity contribution in [2.24, 2.45) is 0 Å². The molecule has 0 saturated heterocycles. The fraction of sp³-hybridized carbons (Fsp3) is 0.200. The smallest absolute Gasteiger partial charge is 0.184 e. The van der Waals surface area contributed by atoms with E-state index < -0.39 is 0 Å². The van der Waals surface area contributed by atoms with Crippen molar-refractivity contribution >= 4 is 26.7 Å². The van der Waals surface area contributed by atoms with Crippen LogP contribution in [-0.4, -0.2) is 9.97 Å². The van der Waals surface area contributed by atoms with Crippen molar-refractivity contribution in [1.29, 1.82) is 0 Å². The van der Waals surface area contributed by atoms with Crippen LogP contribution in [0, 0.1) is 13.8 Å². The third-order valence-electron chi connectivity index (χ3n) is 3.11. The molecule has 3 nitrogen and oxygen atoms in total. The van der Waals surface area contributed by atoms with Gasteiger partial charge in [-0.3, -0.25) is 4.98 Å². The van der Waals surface area contributed by atoms with Crippen LogP contribution in [0.3, 0.4) is 0 Å². The molecule has 0 atom stereocenters. The van der Waals surface area contributed by atoms with Gasteiger partial charge in [-0.2, -0.15) is 0 Å². The number of nitrogens with one attached hydrogen (secondary N) is 1. The van der Waals surface area contributed by atoms with Crippen LogP contribution < -0.4 is 5.32 Å². The second kappa shape index (κ2) is 4.97. The maximum Gasteiger partial charge on any atom is 0.184 e. The summed E-state index contributed by atoms with van der Waals surface area (Å²) in [5.41, 5.74) is 4.77. The third-order valence-corrected chi connectivity index (χ3v) is 4.10. The molecule has 0 fully saturated rings. The molecule has 1 aromatic carbocycles. The van der Waals surface area contributed by atoms with Gasteiger partial charge in [-0.05, 0) is 48.7 Å². The normalized spacial score (nSPS) is 10.8. The number of hydrogen-bond donors (Lipinski definition) is 1. The van der Waals surface area contributed by atoms with Crippen molar-refractivity contribution in [3.8, 4) is 0 Å². The van der Waals surface area contributed by atoms with E-state index in [0.717, 1.165) is 17.2 Å². The topological polar surface area (TPSA) is 37.8 Å². The summed E-state index contributed by atoms with van der Waals surface area (Å²) in [4.78, 5) is 8.71. The molecule has 96 valence electrons. The Labute approximate surface area is 116 Å². The lowest BCUT2D eigenvalue weighted by Gasteiger charge is -2.05. The Morgan fingerprint density at radius 3 is 2.95 bits per heavy atom. The molecular formula is C15H15N3S. The number of fused-ring (bicyclic) bond motifs is 1. The molecule has 0 amide bonds. The number of hydrogen-bond acceptors (Lipinski definition) is 4. The number of anilines is 1. The fourth-order valence-corrected chi connectivity index (χ4v) is 2.83. The number of thiazole rings is 1. The summed E-state index contributed by atoms with van der Waals surface area (Å²) in [6, 6.07) is 8.41. The van der Waals surface area contributed by atoms with Gasteiger partial charge >= 0.3 is 0 Å². The van der Waals surface area contributed by atoms with Crippen molar-refractivity contribution in [2.45, 2.75) is 20.4 Å². The molecule has 2 heterocycles. The number of benzene rings is 1. The van der Waals surface area contributed by atoms with Gasteiger partial charge in [-0.1, -0.05) is 17.4 Å². The van der Waals surface area contributed by atoms with Crippen molar-refractivity contribution in [3.05, 3.63) is 53.3 Å². The molecule has 0 unspecified atom stereocenters. The maximum absolute atomic E-state index is 4.61. The van der Waals surface area contributed by atoms with E-state index in [9.17, 15) is 0 Å². The van der Waals surface area contributed by atoms with E-state index in [1.165, 1.54) is 21.4 Å². The predicted octanol–water partition coefficient (Wildman–Crippen LogP) is 3.92. The summed E-state index contributed by atoms with van der Waals surface area (Å²) in [6.45, 7) is 4.95. The standard InChI is InChI=1S/C15H15N3S/c1-10-3-4-14-13(7-10)18-15(19-14)17-9-12-5-6-16-8-11(12)2/h3-8H,9H2,1-2H3,(H,17,18). The second-order valence-corrected chi connectivity index (χ2v) is 5.68. The third kappa shape index (κ3) is 2.58. The number of nitrogens with zero attached hydrogens (tertiary/aromatic N) is 2. The molecular weight excluding hydrogens is 254 g/mol. The van der Waals surface area contributed by atoms with E-state index in [2.05, 4.69) is 47.3 Å². The highest BCUT2D eigenvalue weighted by molar-refractivity contribution is 7.22. The molecule has 19 heavy (non-hydrogen) atoms. The molecule has 3 aromatic rings. The van der Waals surface area contributed by atoms with Gasteiger partial charge in [0, 0.05) is 18.9 Å². The number of aromatic nitrogens is 2. The fourth-order valence-electron chi connectivity index (χ4n) is 1.98. The Bertz CT molecular complexity index is 718. The van der Waals surface area contributed by atoms with Crippen LogP contribution in [0.5, 0.6) is 0 Å². The minimum Gasteiger partial charge on any atom is -0.357 e. The molecule has 2 aromatic heterocycles. The monoisotopic (exact) mass is 269 g/mol. The summed E-state index contributed by atoms with van der Waals surface area (Å²) >= 11 is 1.69. The van der Waals surface area contributed by atoms with Crippen molar-refractivity contribution in [2.75, 3.05) is 5.32 Å². The highest BCUT2D eigenvalue weighted by Crippen LogP contribution is 2.26. The Hall–Kier alpha value is -1.94. The van der Waals surface area contributed by atoms with Crippen LogP contribution in [-0.2, 0) is 6.54 Å². The van der Waals surface area contributed by atoms with Crippen LogP contribution in [0.25, 0.3) is 10.2 Å². The minimum atomic E-state index is 0.785. The maximum atomic E-state index is 4.61.